The summed E-state index contributed by atoms with van der Waals surface area (Å²) in [7, 11) is 0. The Morgan fingerprint density at radius 3 is 2.06 bits per heavy atom. The van der Waals surface area contributed by atoms with Crippen LogP contribution in [0, 0.1) is 0 Å². The minimum Gasteiger partial charge on any atom is -0.555 e. The third-order valence-corrected chi connectivity index (χ3v) is 1.87. The molecule has 0 fully saturated rings. The maximum atomic E-state index is 12.1. The molecule has 0 radical (unpaired) electrons. The first-order valence-electron chi connectivity index (χ1n) is 3.67. The molecule has 4 nitrogen and oxygen atoms in total. The molecule has 0 amide bonds. The molecule has 0 spiro atoms. The molecule has 0 aliphatic carbocycles. The summed E-state index contributed by atoms with van der Waals surface area (Å²) in [6.45, 7) is -3.99. The van der Waals surface area contributed by atoms with E-state index in [2.05, 4.69) is 4.98 Å². The average molecular weight is 249 g/mol. The minimum atomic E-state index is -4.63. The summed E-state index contributed by atoms with van der Waals surface area (Å²) in [5, 5.41) is 25.5. The summed E-state index contributed by atoms with van der Waals surface area (Å²) in [6.07, 6.45) is -4.29. The van der Waals surface area contributed by atoms with Gasteiger partial charge in [-0.25, -0.2) is 0 Å². The van der Waals surface area contributed by atoms with Crippen molar-refractivity contribution >= 4 is 23.9 Å². The molecule has 0 unspecified atom stereocenters. The molecule has 16 heavy (non-hydrogen) atoms. The Morgan fingerprint density at radius 2 is 1.75 bits per heavy atom. The van der Waals surface area contributed by atoms with Gasteiger partial charge in [0.1, 0.15) is 0 Å². The number of alkyl halides is 3. The maximum Gasteiger partial charge on any atom is 1.00 e. The van der Waals surface area contributed by atoms with E-state index < -0.39 is 29.1 Å². The van der Waals surface area contributed by atoms with Crippen molar-refractivity contribution in [1.82, 2.24) is 4.98 Å². The van der Waals surface area contributed by atoms with Crippen molar-refractivity contribution in [3.63, 3.8) is 0 Å². The summed E-state index contributed by atoms with van der Waals surface area (Å²) in [5.41, 5.74) is -1.94. The van der Waals surface area contributed by atoms with Gasteiger partial charge in [0.05, 0.1) is 5.56 Å². The van der Waals surface area contributed by atoms with Crippen molar-refractivity contribution in [3.05, 3.63) is 22.8 Å². The van der Waals surface area contributed by atoms with Crippen LogP contribution in [0.15, 0.2) is 12.3 Å². The van der Waals surface area contributed by atoms with Gasteiger partial charge >= 0.3 is 31.8 Å². The van der Waals surface area contributed by atoms with Gasteiger partial charge in [0, 0.05) is 11.2 Å². The van der Waals surface area contributed by atoms with Crippen molar-refractivity contribution < 1.29 is 47.1 Å². The van der Waals surface area contributed by atoms with E-state index in [0.717, 1.165) is 0 Å². The molecule has 0 bridgehead atoms. The Labute approximate surface area is 105 Å². The summed E-state index contributed by atoms with van der Waals surface area (Å²) in [5.74, 6) is 0. The predicted molar refractivity (Wildman–Crippen MR) is 46.3 cm³/mol. The number of pyridine rings is 1. The number of aromatic nitrogens is 1. The van der Waals surface area contributed by atoms with Gasteiger partial charge in [0.25, 0.3) is 0 Å². The minimum absolute atomic E-state index is 0. The van der Waals surface area contributed by atoms with Crippen LogP contribution in [0.2, 0.25) is 5.02 Å². The topological polar surface area (TPSA) is 73.6 Å². The van der Waals surface area contributed by atoms with Crippen molar-refractivity contribution in [1.29, 1.82) is 0 Å². The number of hydrogen-bond acceptors (Lipinski definition) is 4. The molecule has 0 atom stereocenters. The van der Waals surface area contributed by atoms with Crippen LogP contribution in [-0.2, 0) is 6.18 Å². The zero-order valence-corrected chi connectivity index (χ0v) is 8.79. The third-order valence-electron chi connectivity index (χ3n) is 1.56. The van der Waals surface area contributed by atoms with Crippen molar-refractivity contribution in [2.45, 2.75) is 6.18 Å². The van der Waals surface area contributed by atoms with Crippen LogP contribution < -0.4 is 24.5 Å². The number of rotatable bonds is 1. The van der Waals surface area contributed by atoms with Gasteiger partial charge in [0.15, 0.2) is 0 Å². The molecule has 0 saturated carbocycles. The molecule has 84 valence electrons. The molecule has 0 aliphatic rings. The normalized spacial score (nSPS) is 12.2. The molecule has 10 heteroatoms. The molecule has 1 rings (SSSR count). The van der Waals surface area contributed by atoms with E-state index in [9.17, 15) is 13.2 Å². The molecular formula is C6H5BClF3LiNO3. The summed E-state index contributed by atoms with van der Waals surface area (Å²) in [6, 6.07) is 0.447. The fraction of sp³-hybridized carbons (Fsp3) is 0.167. The average Bonchev–Trinajstić information content (AvgIpc) is 1.99. The fourth-order valence-electron chi connectivity index (χ4n) is 0.889. The van der Waals surface area contributed by atoms with Crippen LogP contribution in [0.3, 0.4) is 0 Å². The molecule has 1 heterocycles. The molecule has 0 aromatic carbocycles. The van der Waals surface area contributed by atoms with E-state index in [1.165, 1.54) is 0 Å². The van der Waals surface area contributed by atoms with Gasteiger partial charge in [-0.2, -0.15) is 13.2 Å². The van der Waals surface area contributed by atoms with Crippen LogP contribution in [0.4, 0.5) is 13.2 Å². The molecule has 0 saturated heterocycles. The number of nitrogens with zero attached hydrogens (tertiary/aromatic N) is 1. The van der Waals surface area contributed by atoms with Crippen LogP contribution in [0.1, 0.15) is 5.56 Å². The van der Waals surface area contributed by atoms with E-state index >= 15 is 0 Å². The van der Waals surface area contributed by atoms with Gasteiger partial charge in [-0.3, -0.25) is 4.98 Å². The molecule has 1 aromatic rings. The molecule has 1 aromatic heterocycles. The van der Waals surface area contributed by atoms with E-state index in [4.69, 9.17) is 26.7 Å². The van der Waals surface area contributed by atoms with Crippen LogP contribution in [0.5, 0.6) is 0 Å². The van der Waals surface area contributed by atoms with Crippen molar-refractivity contribution in [2.75, 3.05) is 0 Å². The van der Waals surface area contributed by atoms with Crippen LogP contribution in [0.25, 0.3) is 0 Å². The van der Waals surface area contributed by atoms with E-state index in [1.54, 1.807) is 0 Å². The first-order chi connectivity index (χ1) is 6.62. The summed E-state index contributed by atoms with van der Waals surface area (Å²) < 4.78 is 36.3. The van der Waals surface area contributed by atoms with Crippen molar-refractivity contribution in [2.24, 2.45) is 0 Å². The standard InChI is InChI=1S/C6H5BClF3NO3.Li/c8-4-1-3(6(9,10)11)2-12-5(4)7(13,14)15;/h1-2,13-15H;/q-1;+1. The van der Waals surface area contributed by atoms with Gasteiger partial charge in [-0.05, 0) is 11.7 Å². The third kappa shape index (κ3) is 3.66. The monoisotopic (exact) mass is 249 g/mol. The Kier molecular flexibility index (Phi) is 4.89. The summed E-state index contributed by atoms with van der Waals surface area (Å²) >= 11 is 5.29. The summed E-state index contributed by atoms with van der Waals surface area (Å²) in [4.78, 5) is 3.04. The quantitative estimate of drug-likeness (QED) is 0.461. The van der Waals surface area contributed by atoms with E-state index in [-0.39, 0.29) is 18.9 Å². The molecule has 0 aliphatic heterocycles. The zero-order chi connectivity index (χ0) is 11.9. The fourth-order valence-corrected chi connectivity index (χ4v) is 1.20. The maximum absolute atomic E-state index is 12.1. The Balaban J connectivity index is 0.00000225. The second-order valence-electron chi connectivity index (χ2n) is 2.82. The first kappa shape index (κ1) is 15.8. The predicted octanol–water partition coefficient (Wildman–Crippen LogP) is -3.12. The Morgan fingerprint density at radius 1 is 1.25 bits per heavy atom. The largest absolute Gasteiger partial charge is 1.00 e. The van der Waals surface area contributed by atoms with Gasteiger partial charge in [0.2, 0.25) is 0 Å². The second kappa shape index (κ2) is 4.96. The second-order valence-corrected chi connectivity index (χ2v) is 3.23. The smallest absolute Gasteiger partial charge is 0.555 e. The van der Waals surface area contributed by atoms with E-state index in [1.807, 2.05) is 0 Å². The van der Waals surface area contributed by atoms with Gasteiger partial charge < -0.3 is 15.1 Å². The first-order valence-corrected chi connectivity index (χ1v) is 4.04. The van der Waals surface area contributed by atoms with Crippen LogP contribution in [-0.4, -0.2) is 26.8 Å². The molecular weight excluding hydrogens is 244 g/mol. The van der Waals surface area contributed by atoms with Crippen molar-refractivity contribution in [3.8, 4) is 0 Å². The van der Waals surface area contributed by atoms with Gasteiger partial charge in [-0.15, -0.1) is 0 Å². The number of halogens is 4. The SMILES string of the molecule is O[B-](O)(O)c1ncc(C(F)(F)F)cc1Cl.[Li+]. The Bertz CT molecular complexity index is 384. The van der Waals surface area contributed by atoms with Crippen LogP contribution >= 0.6 is 11.6 Å². The van der Waals surface area contributed by atoms with E-state index in [0.29, 0.717) is 12.3 Å². The van der Waals surface area contributed by atoms with Gasteiger partial charge in [-0.1, -0.05) is 11.6 Å². The molecule has 3 N–H and O–H groups in total. The zero-order valence-electron chi connectivity index (χ0n) is 8.03. The number of hydrogen-bond donors (Lipinski definition) is 3. The Hall–Kier alpha value is -0.228.